The van der Waals surface area contributed by atoms with Crippen molar-refractivity contribution in [2.75, 3.05) is 31.3 Å². The number of para-hydroxylation sites is 1. The summed E-state index contributed by atoms with van der Waals surface area (Å²) in [5, 5.41) is 0.503. The van der Waals surface area contributed by atoms with Gasteiger partial charge in [-0.05, 0) is 24.3 Å². The third-order valence-corrected chi connectivity index (χ3v) is 5.56. The Kier molecular flexibility index (Phi) is 6.97. The number of methoxy groups -OCH3 is 1. The molecular weight excluding hydrogens is 411 g/mol. The summed E-state index contributed by atoms with van der Waals surface area (Å²) in [7, 11) is -0.613. The number of halogens is 2. The van der Waals surface area contributed by atoms with E-state index in [1.54, 1.807) is 26.3 Å². The molecule has 0 unspecified atom stereocenters. The van der Waals surface area contributed by atoms with Crippen LogP contribution in [0.3, 0.4) is 0 Å². The fourth-order valence-electron chi connectivity index (χ4n) is 2.48. The van der Waals surface area contributed by atoms with Gasteiger partial charge in [-0.3, -0.25) is 9.10 Å². The van der Waals surface area contributed by atoms with Gasteiger partial charge in [0.2, 0.25) is 15.9 Å². The zero-order valence-corrected chi connectivity index (χ0v) is 17.5. The number of anilines is 1. The molecule has 0 radical (unpaired) electrons. The standard InChI is InChI=1S/C18H20Cl2N2O4S/c1-21(11-13-6-4-5-7-17(13)26-2)18(23)12-22(27(3,24)25)16-10-14(19)8-9-15(16)20/h4-10H,11-12H2,1-3H3. The van der Waals surface area contributed by atoms with E-state index in [2.05, 4.69) is 0 Å². The Morgan fingerprint density at radius 2 is 1.81 bits per heavy atom. The number of hydrogen-bond acceptors (Lipinski definition) is 4. The number of sulfonamides is 1. The van der Waals surface area contributed by atoms with Crippen LogP contribution in [0.2, 0.25) is 10.0 Å². The minimum Gasteiger partial charge on any atom is -0.496 e. The van der Waals surface area contributed by atoms with Gasteiger partial charge in [-0.25, -0.2) is 8.42 Å². The normalized spacial score (nSPS) is 11.1. The van der Waals surface area contributed by atoms with Crippen molar-refractivity contribution in [2.45, 2.75) is 6.54 Å². The number of likely N-dealkylation sites (N-methyl/N-ethyl adjacent to an activating group) is 1. The van der Waals surface area contributed by atoms with Gasteiger partial charge in [0, 0.05) is 24.2 Å². The van der Waals surface area contributed by atoms with Crippen molar-refractivity contribution in [1.29, 1.82) is 0 Å². The topological polar surface area (TPSA) is 66.9 Å². The Morgan fingerprint density at radius 1 is 1.15 bits per heavy atom. The quantitative estimate of drug-likeness (QED) is 0.674. The zero-order valence-electron chi connectivity index (χ0n) is 15.1. The highest BCUT2D eigenvalue weighted by molar-refractivity contribution is 7.92. The molecule has 0 saturated heterocycles. The Balaban J connectivity index is 2.25. The fraction of sp³-hybridized carbons (Fsp3) is 0.278. The van der Waals surface area contributed by atoms with Gasteiger partial charge in [-0.1, -0.05) is 41.4 Å². The zero-order chi connectivity index (χ0) is 20.2. The van der Waals surface area contributed by atoms with Crippen LogP contribution in [-0.4, -0.2) is 46.2 Å². The molecular formula is C18H20Cl2N2O4S. The number of benzene rings is 2. The largest absolute Gasteiger partial charge is 0.496 e. The van der Waals surface area contributed by atoms with E-state index in [1.807, 2.05) is 18.2 Å². The van der Waals surface area contributed by atoms with E-state index in [0.29, 0.717) is 10.8 Å². The van der Waals surface area contributed by atoms with E-state index in [1.165, 1.54) is 17.0 Å². The molecule has 0 aliphatic heterocycles. The molecule has 0 bridgehead atoms. The first-order valence-electron chi connectivity index (χ1n) is 7.92. The van der Waals surface area contributed by atoms with Crippen LogP contribution in [0.4, 0.5) is 5.69 Å². The number of hydrogen-bond donors (Lipinski definition) is 0. The van der Waals surface area contributed by atoms with Crippen LogP contribution in [0.15, 0.2) is 42.5 Å². The summed E-state index contributed by atoms with van der Waals surface area (Å²) in [6.45, 7) is -0.131. The fourth-order valence-corrected chi connectivity index (χ4v) is 3.77. The van der Waals surface area contributed by atoms with E-state index in [0.717, 1.165) is 16.1 Å². The number of nitrogens with zero attached hydrogens (tertiary/aromatic N) is 2. The van der Waals surface area contributed by atoms with E-state index in [-0.39, 0.29) is 17.3 Å². The molecule has 6 nitrogen and oxygen atoms in total. The van der Waals surface area contributed by atoms with Crippen LogP contribution in [0.25, 0.3) is 0 Å². The van der Waals surface area contributed by atoms with Gasteiger partial charge in [-0.2, -0.15) is 0 Å². The maximum absolute atomic E-state index is 12.7. The lowest BCUT2D eigenvalue weighted by molar-refractivity contribution is -0.128. The van der Waals surface area contributed by atoms with Gasteiger partial charge >= 0.3 is 0 Å². The Bertz CT molecular complexity index is 935. The van der Waals surface area contributed by atoms with Crippen molar-refractivity contribution in [2.24, 2.45) is 0 Å². The van der Waals surface area contributed by atoms with Crippen LogP contribution < -0.4 is 9.04 Å². The minimum absolute atomic E-state index is 0.158. The molecule has 0 aliphatic carbocycles. The molecule has 2 aromatic rings. The maximum atomic E-state index is 12.7. The van der Waals surface area contributed by atoms with Gasteiger partial charge in [-0.15, -0.1) is 0 Å². The molecule has 0 fully saturated rings. The molecule has 0 aliphatic rings. The number of carbonyl (C=O) groups excluding carboxylic acids is 1. The van der Waals surface area contributed by atoms with Crippen molar-refractivity contribution < 1.29 is 17.9 Å². The molecule has 0 saturated carbocycles. The molecule has 0 aromatic heterocycles. The van der Waals surface area contributed by atoms with Crippen LogP contribution in [0.5, 0.6) is 5.75 Å². The number of ether oxygens (including phenoxy) is 1. The van der Waals surface area contributed by atoms with Gasteiger partial charge in [0.15, 0.2) is 0 Å². The van der Waals surface area contributed by atoms with E-state index in [9.17, 15) is 13.2 Å². The van der Waals surface area contributed by atoms with Crippen LogP contribution >= 0.6 is 23.2 Å². The van der Waals surface area contributed by atoms with E-state index < -0.39 is 22.5 Å². The van der Waals surface area contributed by atoms with Gasteiger partial charge in [0.25, 0.3) is 0 Å². The average Bonchev–Trinajstić information content (AvgIpc) is 2.61. The summed E-state index contributed by atoms with van der Waals surface area (Å²) in [5.41, 5.74) is 0.966. The summed E-state index contributed by atoms with van der Waals surface area (Å²) < 4.78 is 30.7. The first-order chi connectivity index (χ1) is 12.6. The van der Waals surface area contributed by atoms with Crippen LogP contribution in [-0.2, 0) is 21.4 Å². The lowest BCUT2D eigenvalue weighted by Crippen LogP contribution is -2.41. The lowest BCUT2D eigenvalue weighted by Gasteiger charge is -2.26. The maximum Gasteiger partial charge on any atom is 0.243 e. The van der Waals surface area contributed by atoms with Gasteiger partial charge in [0.1, 0.15) is 12.3 Å². The van der Waals surface area contributed by atoms with Crippen LogP contribution in [0, 0.1) is 0 Å². The molecule has 1 amide bonds. The van der Waals surface area contributed by atoms with Crippen molar-refractivity contribution in [1.82, 2.24) is 4.90 Å². The molecule has 0 heterocycles. The highest BCUT2D eigenvalue weighted by Gasteiger charge is 2.25. The molecule has 0 atom stereocenters. The van der Waals surface area contributed by atoms with E-state index in [4.69, 9.17) is 27.9 Å². The molecule has 0 spiro atoms. The molecule has 9 heteroatoms. The summed E-state index contributed by atoms with van der Waals surface area (Å²) in [4.78, 5) is 14.1. The second-order valence-electron chi connectivity index (χ2n) is 5.93. The highest BCUT2D eigenvalue weighted by Crippen LogP contribution is 2.30. The predicted molar refractivity (Wildman–Crippen MR) is 108 cm³/mol. The van der Waals surface area contributed by atoms with Crippen molar-refractivity contribution in [3.8, 4) is 5.75 Å². The number of rotatable bonds is 7. The molecule has 0 N–H and O–H groups in total. The summed E-state index contributed by atoms with van der Waals surface area (Å²) in [5.74, 6) is 0.248. The van der Waals surface area contributed by atoms with Crippen molar-refractivity contribution in [3.05, 3.63) is 58.1 Å². The smallest absolute Gasteiger partial charge is 0.243 e. The minimum atomic E-state index is -3.75. The van der Waals surface area contributed by atoms with Gasteiger partial charge < -0.3 is 9.64 Å². The Labute approximate surface area is 169 Å². The summed E-state index contributed by atoms with van der Waals surface area (Å²) in [6, 6.07) is 11.7. The lowest BCUT2D eigenvalue weighted by atomic mass is 10.2. The van der Waals surface area contributed by atoms with Crippen molar-refractivity contribution in [3.63, 3.8) is 0 Å². The number of amides is 1. The second kappa shape index (κ2) is 8.82. The monoisotopic (exact) mass is 430 g/mol. The summed E-state index contributed by atoms with van der Waals surface area (Å²) >= 11 is 12.1. The first kappa shape index (κ1) is 21.3. The first-order valence-corrected chi connectivity index (χ1v) is 10.5. The molecule has 146 valence electrons. The molecule has 2 aromatic carbocycles. The summed E-state index contributed by atoms with van der Waals surface area (Å²) in [6.07, 6.45) is 1.01. The SMILES string of the molecule is COc1ccccc1CN(C)C(=O)CN(c1cc(Cl)ccc1Cl)S(C)(=O)=O. The van der Waals surface area contributed by atoms with E-state index >= 15 is 0 Å². The van der Waals surface area contributed by atoms with Crippen molar-refractivity contribution >= 4 is 44.8 Å². The van der Waals surface area contributed by atoms with Crippen LogP contribution in [0.1, 0.15) is 5.56 Å². The Hall–Kier alpha value is -1.96. The molecule has 27 heavy (non-hydrogen) atoms. The highest BCUT2D eigenvalue weighted by atomic mass is 35.5. The molecule has 2 rings (SSSR count). The predicted octanol–water partition coefficient (Wildman–Crippen LogP) is 3.43. The average molecular weight is 431 g/mol. The third kappa shape index (κ3) is 5.51. The second-order valence-corrected chi connectivity index (χ2v) is 8.68. The Morgan fingerprint density at radius 3 is 2.44 bits per heavy atom. The number of carbonyl (C=O) groups is 1. The third-order valence-electron chi connectivity index (χ3n) is 3.88. The van der Waals surface area contributed by atoms with Gasteiger partial charge in [0.05, 0.1) is 24.1 Å².